The summed E-state index contributed by atoms with van der Waals surface area (Å²) in [6, 6.07) is 11.3. The molecule has 3 rings (SSSR count). The number of nitrogens with one attached hydrogen (secondary N) is 1. The number of rotatable bonds is 3. The molecule has 0 radical (unpaired) electrons. The average molecular weight is 386 g/mol. The standard InChI is InChI=1S/C19H20BrN3O/c1-11-9-13(3-6-16(11)21)12(2)22-19(24)18-7-4-14-10-15(20)5-8-17(14)23-18/h3-6,8-10,12,18H,7,21H2,1-2H3,(H,22,24)/t12-,18?/m1/s1. The number of nitrogens with two attached hydrogens (primary N) is 1. The number of benzene rings is 2. The Morgan fingerprint density at radius 1 is 1.33 bits per heavy atom. The van der Waals surface area contributed by atoms with Gasteiger partial charge in [0.15, 0.2) is 0 Å². The first kappa shape index (κ1) is 16.7. The monoisotopic (exact) mass is 385 g/mol. The Bertz CT molecular complexity index is 907. The zero-order valence-corrected chi connectivity index (χ0v) is 15.3. The van der Waals surface area contributed by atoms with E-state index in [1.807, 2.05) is 50.2 Å². The highest BCUT2D eigenvalue weighted by atomic mass is 79.9. The third-order valence-electron chi connectivity index (χ3n) is 4.30. The summed E-state index contributed by atoms with van der Waals surface area (Å²) in [6.45, 7) is 3.94. The van der Waals surface area contributed by atoms with Crippen molar-refractivity contribution in [1.29, 1.82) is 0 Å². The average Bonchev–Trinajstić information content (AvgIpc) is 2.56. The van der Waals surface area contributed by atoms with Gasteiger partial charge in [-0.1, -0.05) is 34.1 Å². The topological polar surface area (TPSA) is 67.5 Å². The summed E-state index contributed by atoms with van der Waals surface area (Å²) in [5.74, 6) is -0.0539. The van der Waals surface area contributed by atoms with Gasteiger partial charge in [0.05, 0.1) is 11.4 Å². The zero-order valence-electron chi connectivity index (χ0n) is 13.7. The molecule has 0 aliphatic carbocycles. The Labute approximate surface area is 149 Å². The lowest BCUT2D eigenvalue weighted by atomic mass is 10.0. The highest BCUT2D eigenvalue weighted by molar-refractivity contribution is 9.10. The zero-order chi connectivity index (χ0) is 17.3. The van der Waals surface area contributed by atoms with Gasteiger partial charge in [0.25, 0.3) is 0 Å². The van der Waals surface area contributed by atoms with Crippen LogP contribution >= 0.6 is 15.9 Å². The van der Waals surface area contributed by atoms with Crippen LogP contribution in [0.4, 0.5) is 5.69 Å². The van der Waals surface area contributed by atoms with E-state index in [0.717, 1.165) is 31.9 Å². The molecule has 0 aromatic heterocycles. The molecule has 1 aliphatic heterocycles. The van der Waals surface area contributed by atoms with Crippen molar-refractivity contribution in [2.75, 3.05) is 5.73 Å². The maximum atomic E-state index is 12.6. The van der Waals surface area contributed by atoms with Crippen LogP contribution in [0.3, 0.4) is 0 Å². The van der Waals surface area contributed by atoms with Gasteiger partial charge in [-0.2, -0.15) is 0 Å². The van der Waals surface area contributed by atoms with E-state index in [-0.39, 0.29) is 18.0 Å². The predicted octanol–water partition coefficient (Wildman–Crippen LogP) is 2.39. The van der Waals surface area contributed by atoms with Crippen LogP contribution < -0.4 is 21.6 Å². The molecular weight excluding hydrogens is 366 g/mol. The Kier molecular flexibility index (Phi) is 4.71. The van der Waals surface area contributed by atoms with Crippen molar-refractivity contribution in [3.63, 3.8) is 0 Å². The smallest absolute Gasteiger partial charge is 0.245 e. The Morgan fingerprint density at radius 3 is 2.88 bits per heavy atom. The second kappa shape index (κ2) is 6.77. The molecule has 5 heteroatoms. The molecule has 2 atom stereocenters. The fraction of sp³-hybridized carbons (Fsp3) is 0.263. The van der Waals surface area contributed by atoms with Gasteiger partial charge in [-0.3, -0.25) is 9.79 Å². The number of fused-ring (bicyclic) bond motifs is 1. The maximum Gasteiger partial charge on any atom is 0.245 e. The quantitative estimate of drug-likeness (QED) is 0.796. The number of carbonyl (C=O) groups is 1. The van der Waals surface area contributed by atoms with Crippen molar-refractivity contribution in [2.24, 2.45) is 4.99 Å². The van der Waals surface area contributed by atoms with Crippen LogP contribution in [0.25, 0.3) is 6.08 Å². The third kappa shape index (κ3) is 3.51. The molecule has 0 bridgehead atoms. The van der Waals surface area contributed by atoms with Gasteiger partial charge in [0, 0.05) is 10.2 Å². The van der Waals surface area contributed by atoms with Gasteiger partial charge in [-0.15, -0.1) is 0 Å². The summed E-state index contributed by atoms with van der Waals surface area (Å²) >= 11 is 3.45. The van der Waals surface area contributed by atoms with Crippen molar-refractivity contribution in [3.05, 3.63) is 62.6 Å². The molecule has 1 amide bonds. The number of amides is 1. The van der Waals surface area contributed by atoms with Gasteiger partial charge in [0.1, 0.15) is 6.04 Å². The van der Waals surface area contributed by atoms with Crippen LogP contribution in [-0.2, 0) is 4.79 Å². The minimum Gasteiger partial charge on any atom is -0.399 e. The summed E-state index contributed by atoms with van der Waals surface area (Å²) < 4.78 is 1.02. The van der Waals surface area contributed by atoms with E-state index >= 15 is 0 Å². The number of hydrogen-bond acceptors (Lipinski definition) is 3. The van der Waals surface area contributed by atoms with E-state index in [1.54, 1.807) is 0 Å². The van der Waals surface area contributed by atoms with Crippen molar-refractivity contribution < 1.29 is 4.79 Å². The number of carbonyl (C=O) groups excluding carboxylic acids is 1. The van der Waals surface area contributed by atoms with E-state index in [0.29, 0.717) is 6.42 Å². The van der Waals surface area contributed by atoms with Gasteiger partial charge >= 0.3 is 0 Å². The summed E-state index contributed by atoms with van der Waals surface area (Å²) in [7, 11) is 0. The number of anilines is 1. The summed E-state index contributed by atoms with van der Waals surface area (Å²) in [5, 5.41) is 4.98. The van der Waals surface area contributed by atoms with Crippen LogP contribution in [0.1, 0.15) is 30.5 Å². The third-order valence-corrected chi connectivity index (χ3v) is 4.79. The normalized spacial score (nSPS) is 17.2. The van der Waals surface area contributed by atoms with Crippen molar-refractivity contribution in [2.45, 2.75) is 32.4 Å². The highest BCUT2D eigenvalue weighted by Gasteiger charge is 2.20. The number of hydrogen-bond donors (Lipinski definition) is 2. The molecule has 24 heavy (non-hydrogen) atoms. The Balaban J connectivity index is 1.75. The molecule has 4 nitrogen and oxygen atoms in total. The molecule has 0 fully saturated rings. The van der Waals surface area contributed by atoms with Crippen molar-refractivity contribution in [1.82, 2.24) is 5.32 Å². The van der Waals surface area contributed by atoms with Crippen LogP contribution in [0.15, 0.2) is 45.9 Å². The SMILES string of the molecule is Cc1cc([C@@H](C)NC(=O)C2CC=c3cc(Br)ccc3=N2)ccc1N. The van der Waals surface area contributed by atoms with Gasteiger partial charge in [-0.05, 0) is 60.9 Å². The molecule has 2 aromatic rings. The minimum absolute atomic E-state index is 0.0539. The molecule has 3 N–H and O–H groups in total. The largest absolute Gasteiger partial charge is 0.399 e. The Hall–Kier alpha value is -2.14. The molecule has 1 aliphatic rings. The lowest BCUT2D eigenvalue weighted by Crippen LogP contribution is -2.40. The number of halogens is 1. The molecule has 2 aromatic carbocycles. The van der Waals surface area contributed by atoms with Crippen molar-refractivity contribution in [3.8, 4) is 0 Å². The summed E-state index contributed by atoms with van der Waals surface area (Å²) in [5.41, 5.74) is 8.67. The van der Waals surface area contributed by atoms with E-state index in [4.69, 9.17) is 5.73 Å². The lowest BCUT2D eigenvalue weighted by molar-refractivity contribution is -0.122. The molecule has 0 spiro atoms. The molecule has 0 saturated carbocycles. The molecule has 1 heterocycles. The van der Waals surface area contributed by atoms with Crippen LogP contribution in [-0.4, -0.2) is 11.9 Å². The number of nitrogens with zero attached hydrogens (tertiary/aromatic N) is 1. The first-order valence-corrected chi connectivity index (χ1v) is 8.73. The van der Waals surface area contributed by atoms with Crippen LogP contribution in [0.5, 0.6) is 0 Å². The van der Waals surface area contributed by atoms with Crippen LogP contribution in [0.2, 0.25) is 0 Å². The number of aryl methyl sites for hydroxylation is 1. The molecular formula is C19H20BrN3O. The Morgan fingerprint density at radius 2 is 2.12 bits per heavy atom. The van der Waals surface area contributed by atoms with Gasteiger partial charge in [-0.25, -0.2) is 0 Å². The fourth-order valence-corrected chi connectivity index (χ4v) is 3.17. The maximum absolute atomic E-state index is 12.6. The highest BCUT2D eigenvalue weighted by Crippen LogP contribution is 2.19. The first-order chi connectivity index (χ1) is 11.4. The summed E-state index contributed by atoms with van der Waals surface area (Å²) in [6.07, 6.45) is 2.68. The second-order valence-corrected chi connectivity index (χ2v) is 7.05. The summed E-state index contributed by atoms with van der Waals surface area (Å²) in [4.78, 5) is 17.1. The molecule has 124 valence electrons. The minimum atomic E-state index is -0.379. The van der Waals surface area contributed by atoms with Crippen molar-refractivity contribution >= 4 is 33.6 Å². The van der Waals surface area contributed by atoms with E-state index in [1.165, 1.54) is 0 Å². The van der Waals surface area contributed by atoms with E-state index in [2.05, 4.69) is 32.3 Å². The predicted molar refractivity (Wildman–Crippen MR) is 99.9 cm³/mol. The molecule has 1 unspecified atom stereocenters. The van der Waals surface area contributed by atoms with E-state index < -0.39 is 0 Å². The lowest BCUT2D eigenvalue weighted by Gasteiger charge is -2.19. The molecule has 0 saturated heterocycles. The van der Waals surface area contributed by atoms with Gasteiger partial charge in [0.2, 0.25) is 5.91 Å². The second-order valence-electron chi connectivity index (χ2n) is 6.13. The van der Waals surface area contributed by atoms with E-state index in [9.17, 15) is 4.79 Å². The fourth-order valence-electron chi connectivity index (χ4n) is 2.79. The first-order valence-electron chi connectivity index (χ1n) is 7.94. The van der Waals surface area contributed by atoms with Crippen LogP contribution in [0, 0.1) is 6.92 Å². The van der Waals surface area contributed by atoms with Gasteiger partial charge < -0.3 is 11.1 Å². The number of nitrogen functional groups attached to an aromatic ring is 1.